The van der Waals surface area contributed by atoms with Crippen LogP contribution in [-0.2, 0) is 0 Å². The Kier molecular flexibility index (Phi) is 6.40. The summed E-state index contributed by atoms with van der Waals surface area (Å²) in [5.41, 5.74) is 5.79. The Labute approximate surface area is 178 Å². The van der Waals surface area contributed by atoms with Gasteiger partial charge in [-0.15, -0.1) is 0 Å². The molecule has 156 valence electrons. The van der Waals surface area contributed by atoms with E-state index in [0.29, 0.717) is 5.56 Å². The minimum Gasteiger partial charge on any atom is -0.378 e. The topological polar surface area (TPSA) is 49.6 Å². The van der Waals surface area contributed by atoms with Crippen molar-refractivity contribution in [2.24, 2.45) is 0 Å². The lowest BCUT2D eigenvalue weighted by Crippen LogP contribution is -2.21. The van der Waals surface area contributed by atoms with Gasteiger partial charge in [-0.2, -0.15) is 0 Å². The van der Waals surface area contributed by atoms with E-state index in [1.807, 2.05) is 118 Å². The zero-order chi connectivity index (χ0) is 21.8. The van der Waals surface area contributed by atoms with E-state index >= 15 is 0 Å². The maximum absolute atomic E-state index is 12.3. The zero-order valence-corrected chi connectivity index (χ0v) is 18.2. The van der Waals surface area contributed by atoms with E-state index in [0.717, 1.165) is 28.1 Å². The number of hydrogen-bond donors (Lipinski definition) is 0. The summed E-state index contributed by atoms with van der Waals surface area (Å²) in [7, 11) is 7.94. The smallest absolute Gasteiger partial charge is 0.248 e. The quantitative estimate of drug-likeness (QED) is 0.398. The molecule has 30 heavy (non-hydrogen) atoms. The van der Waals surface area contributed by atoms with Crippen LogP contribution in [0.15, 0.2) is 72.8 Å². The van der Waals surface area contributed by atoms with Gasteiger partial charge in [-0.05, 0) is 42.3 Å². The summed E-state index contributed by atoms with van der Waals surface area (Å²) >= 11 is 0. The molecule has 5 heteroatoms. The van der Waals surface area contributed by atoms with Crippen LogP contribution in [0, 0.1) is 17.0 Å². The van der Waals surface area contributed by atoms with Crippen molar-refractivity contribution in [3.63, 3.8) is 0 Å². The first-order valence-electron chi connectivity index (χ1n) is 10.0. The molecule has 0 aliphatic heterocycles. The molecule has 0 spiro atoms. The highest BCUT2D eigenvalue weighted by Crippen LogP contribution is 2.40. The molecule has 0 fully saturated rings. The lowest BCUT2D eigenvalue weighted by molar-refractivity contribution is -0.531. The molecule has 0 aliphatic rings. The molecule has 1 unspecified atom stereocenters. The predicted octanol–water partition coefficient (Wildman–Crippen LogP) is 5.28. The molecule has 0 aliphatic carbocycles. The fraction of sp³-hybridized carbons (Fsp3) is 0.280. The van der Waals surface area contributed by atoms with Crippen molar-refractivity contribution in [1.29, 1.82) is 0 Å². The van der Waals surface area contributed by atoms with Crippen molar-refractivity contribution in [2.45, 2.75) is 18.9 Å². The van der Waals surface area contributed by atoms with Crippen molar-refractivity contribution >= 4 is 11.4 Å². The molecule has 0 amide bonds. The number of nitrogens with zero attached hydrogens (tertiary/aromatic N) is 3. The van der Waals surface area contributed by atoms with Crippen LogP contribution in [0.25, 0.3) is 0 Å². The third-order valence-corrected chi connectivity index (χ3v) is 5.50. The molecule has 0 radical (unpaired) electrons. The van der Waals surface area contributed by atoms with Crippen LogP contribution in [-0.4, -0.2) is 33.1 Å². The maximum atomic E-state index is 12.3. The molecule has 3 aromatic carbocycles. The lowest BCUT2D eigenvalue weighted by Gasteiger charge is -2.24. The normalized spacial score (nSPS) is 11.9. The summed E-state index contributed by atoms with van der Waals surface area (Å²) in [4.78, 5) is 16.2. The van der Waals surface area contributed by atoms with Gasteiger partial charge in [-0.25, -0.2) is 0 Å². The van der Waals surface area contributed by atoms with Crippen molar-refractivity contribution in [2.75, 3.05) is 38.0 Å². The minimum absolute atomic E-state index is 0.158. The van der Waals surface area contributed by atoms with Gasteiger partial charge in [0.1, 0.15) is 0 Å². The molecule has 0 N–H and O–H groups in total. The molecule has 0 heterocycles. The van der Waals surface area contributed by atoms with Gasteiger partial charge in [0.25, 0.3) is 0 Å². The maximum Gasteiger partial charge on any atom is 0.248 e. The van der Waals surface area contributed by atoms with Crippen LogP contribution in [0.2, 0.25) is 0 Å². The average molecular weight is 404 g/mol. The first-order valence-corrected chi connectivity index (χ1v) is 10.0. The summed E-state index contributed by atoms with van der Waals surface area (Å²) < 4.78 is 0. The van der Waals surface area contributed by atoms with Crippen LogP contribution in [0.1, 0.15) is 34.2 Å². The molecule has 0 saturated heterocycles. The molecule has 1 atom stereocenters. The van der Waals surface area contributed by atoms with E-state index < -0.39 is 12.0 Å². The first-order chi connectivity index (χ1) is 14.3. The number of hydrogen-bond acceptors (Lipinski definition) is 4. The van der Waals surface area contributed by atoms with Crippen LogP contribution < -0.4 is 9.80 Å². The SMILES string of the molecule is Cc1ccc(C(C(c2ccc(N(C)C)cc2)c2ccc(N(C)C)cc2)[N+](=O)[O-])cc1. The van der Waals surface area contributed by atoms with Gasteiger partial charge in [-0.1, -0.05) is 54.1 Å². The van der Waals surface area contributed by atoms with Crippen LogP contribution in [0.4, 0.5) is 11.4 Å². The number of aryl methyl sites for hydroxylation is 1. The average Bonchev–Trinajstić information content (AvgIpc) is 2.73. The fourth-order valence-corrected chi connectivity index (χ4v) is 3.72. The van der Waals surface area contributed by atoms with E-state index in [-0.39, 0.29) is 4.92 Å². The van der Waals surface area contributed by atoms with E-state index in [9.17, 15) is 10.1 Å². The second-order valence-corrected chi connectivity index (χ2v) is 8.09. The number of benzene rings is 3. The summed E-state index contributed by atoms with van der Waals surface area (Å²) in [5, 5.41) is 12.3. The zero-order valence-electron chi connectivity index (χ0n) is 18.2. The lowest BCUT2D eigenvalue weighted by atomic mass is 9.82. The first kappa shape index (κ1) is 21.4. The highest BCUT2D eigenvalue weighted by atomic mass is 16.6. The van der Waals surface area contributed by atoms with E-state index in [1.165, 1.54) is 0 Å². The van der Waals surface area contributed by atoms with Gasteiger partial charge >= 0.3 is 0 Å². The minimum atomic E-state index is -0.874. The molecular formula is C25H29N3O2. The van der Waals surface area contributed by atoms with E-state index in [4.69, 9.17) is 0 Å². The Bertz CT molecular complexity index is 927. The molecule has 0 aromatic heterocycles. The number of rotatable bonds is 7. The second-order valence-electron chi connectivity index (χ2n) is 8.09. The monoisotopic (exact) mass is 403 g/mol. The number of nitro groups is 1. The van der Waals surface area contributed by atoms with Gasteiger partial charge in [-0.3, -0.25) is 10.1 Å². The highest BCUT2D eigenvalue weighted by Gasteiger charge is 2.35. The molecule has 3 aromatic rings. The largest absolute Gasteiger partial charge is 0.378 e. The Hall–Kier alpha value is -3.34. The van der Waals surface area contributed by atoms with E-state index in [2.05, 4.69) is 0 Å². The molecule has 3 rings (SSSR count). The Morgan fingerprint density at radius 1 is 0.667 bits per heavy atom. The second kappa shape index (κ2) is 8.99. The van der Waals surface area contributed by atoms with Crippen molar-refractivity contribution in [3.8, 4) is 0 Å². The third kappa shape index (κ3) is 4.62. The van der Waals surface area contributed by atoms with Crippen LogP contribution in [0.5, 0.6) is 0 Å². The summed E-state index contributed by atoms with van der Waals surface area (Å²) in [6.45, 7) is 1.99. The van der Waals surface area contributed by atoms with Gasteiger partial charge < -0.3 is 9.80 Å². The summed E-state index contributed by atoms with van der Waals surface area (Å²) in [5.74, 6) is -0.393. The van der Waals surface area contributed by atoms with Gasteiger partial charge in [0.15, 0.2) is 0 Å². The van der Waals surface area contributed by atoms with Crippen LogP contribution >= 0.6 is 0 Å². The van der Waals surface area contributed by atoms with Gasteiger partial charge in [0.2, 0.25) is 6.04 Å². The standard InChI is InChI=1S/C25H29N3O2/c1-18-6-8-21(9-7-18)25(28(29)30)24(19-10-14-22(15-11-19)26(2)3)20-12-16-23(17-13-20)27(4)5/h6-17,24-25H,1-5H3. The number of anilines is 2. The molecule has 0 saturated carbocycles. The summed E-state index contributed by atoms with van der Waals surface area (Å²) in [6.07, 6.45) is 0. The van der Waals surface area contributed by atoms with Crippen molar-refractivity contribution < 1.29 is 4.92 Å². The van der Waals surface area contributed by atoms with Crippen molar-refractivity contribution in [3.05, 3.63) is 105 Å². The highest BCUT2D eigenvalue weighted by molar-refractivity contribution is 5.51. The van der Waals surface area contributed by atoms with E-state index in [1.54, 1.807) is 0 Å². The Morgan fingerprint density at radius 3 is 1.37 bits per heavy atom. The molecule has 0 bridgehead atoms. The van der Waals surface area contributed by atoms with Crippen molar-refractivity contribution in [1.82, 2.24) is 0 Å². The van der Waals surface area contributed by atoms with Crippen LogP contribution in [0.3, 0.4) is 0 Å². The third-order valence-electron chi connectivity index (χ3n) is 5.50. The Morgan fingerprint density at radius 2 is 1.03 bits per heavy atom. The summed E-state index contributed by atoms with van der Waals surface area (Å²) in [6, 6.07) is 22.8. The Balaban J connectivity index is 2.13. The molecular weight excluding hydrogens is 374 g/mol. The van der Waals surface area contributed by atoms with Gasteiger partial charge in [0.05, 0.1) is 5.92 Å². The fourth-order valence-electron chi connectivity index (χ4n) is 3.72. The molecule has 5 nitrogen and oxygen atoms in total. The predicted molar refractivity (Wildman–Crippen MR) is 124 cm³/mol. The van der Waals surface area contributed by atoms with Gasteiger partial charge in [0, 0.05) is 50.1 Å².